The van der Waals surface area contributed by atoms with Gasteiger partial charge < -0.3 is 15.6 Å². The zero-order valence-corrected chi connectivity index (χ0v) is 18.3. The number of carbonyl (C=O) groups is 1. The molecular weight excluding hydrogens is 384 g/mol. The van der Waals surface area contributed by atoms with Crippen LogP contribution in [-0.2, 0) is 13.0 Å². The number of rotatable bonds is 8. The van der Waals surface area contributed by atoms with Crippen LogP contribution in [-0.4, -0.2) is 15.5 Å². The smallest absolute Gasteiger partial charge is 0.255 e. The largest absolute Gasteiger partial charge is 0.369 e. The van der Waals surface area contributed by atoms with Gasteiger partial charge in [-0.1, -0.05) is 45.7 Å². The molecule has 3 aromatic rings. The van der Waals surface area contributed by atoms with Gasteiger partial charge in [0.05, 0.1) is 11.0 Å². The van der Waals surface area contributed by atoms with E-state index in [1.807, 2.05) is 47.0 Å². The molecule has 2 aromatic carbocycles. The Morgan fingerprint density at radius 2 is 1.86 bits per heavy atom. The first-order valence-electron chi connectivity index (χ1n) is 10.1. The van der Waals surface area contributed by atoms with Gasteiger partial charge in [0.15, 0.2) is 0 Å². The minimum absolute atomic E-state index is 0. The van der Waals surface area contributed by atoms with Gasteiger partial charge in [0.1, 0.15) is 0 Å². The van der Waals surface area contributed by atoms with Gasteiger partial charge in [0, 0.05) is 17.8 Å². The molecule has 0 atom stereocenters. The monoisotopic (exact) mass is 414 g/mol. The van der Waals surface area contributed by atoms with Crippen LogP contribution in [0.5, 0.6) is 0 Å². The lowest BCUT2D eigenvalue weighted by Crippen LogP contribution is -2.12. The molecule has 0 bridgehead atoms. The Hall–Kier alpha value is -2.53. The van der Waals surface area contributed by atoms with Crippen molar-refractivity contribution in [1.82, 2.24) is 9.55 Å². The summed E-state index contributed by atoms with van der Waals surface area (Å²) < 4.78 is 2.02. The predicted octanol–water partition coefficient (Wildman–Crippen LogP) is 5.68. The number of anilines is 2. The summed E-state index contributed by atoms with van der Waals surface area (Å²) in [7, 11) is 0. The van der Waals surface area contributed by atoms with E-state index in [2.05, 4.69) is 31.1 Å². The van der Waals surface area contributed by atoms with Crippen molar-refractivity contribution < 1.29 is 4.79 Å². The molecule has 0 aliphatic carbocycles. The van der Waals surface area contributed by atoms with Crippen LogP contribution in [0.2, 0.25) is 0 Å². The highest BCUT2D eigenvalue weighted by Crippen LogP contribution is 2.23. The van der Waals surface area contributed by atoms with Crippen LogP contribution in [0.4, 0.5) is 11.6 Å². The third-order valence-electron chi connectivity index (χ3n) is 4.87. The van der Waals surface area contributed by atoms with E-state index in [1.54, 1.807) is 0 Å². The maximum Gasteiger partial charge on any atom is 0.255 e. The second-order valence-electron chi connectivity index (χ2n) is 7.79. The minimum Gasteiger partial charge on any atom is -0.369 e. The summed E-state index contributed by atoms with van der Waals surface area (Å²) >= 11 is 0. The number of hydrogen-bond donors (Lipinski definition) is 2. The fourth-order valence-electron chi connectivity index (χ4n) is 3.39. The van der Waals surface area contributed by atoms with Crippen molar-refractivity contribution in [2.45, 2.75) is 53.0 Å². The molecule has 0 unspecified atom stereocenters. The first-order chi connectivity index (χ1) is 13.5. The molecule has 0 saturated carbocycles. The van der Waals surface area contributed by atoms with Crippen LogP contribution in [0.25, 0.3) is 11.0 Å². The molecule has 0 aliphatic heterocycles. The number of nitrogens with one attached hydrogen (secondary N) is 1. The Kier molecular flexibility index (Phi) is 8.09. The van der Waals surface area contributed by atoms with E-state index in [-0.39, 0.29) is 18.3 Å². The van der Waals surface area contributed by atoms with Crippen LogP contribution < -0.4 is 11.1 Å². The maximum absolute atomic E-state index is 12.6. The number of benzene rings is 2. The lowest BCUT2D eigenvalue weighted by Gasteiger charge is -2.10. The van der Waals surface area contributed by atoms with E-state index in [4.69, 9.17) is 5.73 Å². The number of halogens is 1. The highest BCUT2D eigenvalue weighted by molar-refractivity contribution is 6.05. The van der Waals surface area contributed by atoms with Crippen molar-refractivity contribution in [3.8, 4) is 0 Å². The Morgan fingerprint density at radius 3 is 2.52 bits per heavy atom. The second-order valence-corrected chi connectivity index (χ2v) is 7.79. The number of nitrogens with zero attached hydrogens (tertiary/aromatic N) is 2. The Morgan fingerprint density at radius 1 is 1.14 bits per heavy atom. The number of aryl methyl sites for hydroxylation is 1. The molecule has 0 spiro atoms. The second kappa shape index (κ2) is 10.3. The number of carbonyl (C=O) groups excluding carboxylic acids is 1. The molecule has 1 amide bonds. The van der Waals surface area contributed by atoms with Crippen molar-refractivity contribution in [3.05, 3.63) is 53.6 Å². The van der Waals surface area contributed by atoms with Crippen molar-refractivity contribution >= 4 is 41.0 Å². The SMILES string of the molecule is CCCCCc1ccc(C(=O)Nc2ccc3c(c2)nc(N)n3CC(C)C)cc1.Cl. The highest BCUT2D eigenvalue weighted by Gasteiger charge is 2.12. The zero-order chi connectivity index (χ0) is 20.1. The Balaban J connectivity index is 0.00000300. The molecule has 6 heteroatoms. The van der Waals surface area contributed by atoms with Gasteiger partial charge in [-0.25, -0.2) is 4.98 Å². The van der Waals surface area contributed by atoms with Crippen molar-refractivity contribution in [2.75, 3.05) is 11.1 Å². The highest BCUT2D eigenvalue weighted by atomic mass is 35.5. The zero-order valence-electron chi connectivity index (χ0n) is 17.4. The summed E-state index contributed by atoms with van der Waals surface area (Å²) in [4.78, 5) is 17.0. The van der Waals surface area contributed by atoms with E-state index in [9.17, 15) is 4.79 Å². The maximum atomic E-state index is 12.6. The normalized spacial score (nSPS) is 10.9. The third kappa shape index (κ3) is 5.73. The summed E-state index contributed by atoms with van der Waals surface area (Å²) in [6.45, 7) is 7.32. The predicted molar refractivity (Wildman–Crippen MR) is 124 cm³/mol. The van der Waals surface area contributed by atoms with Gasteiger partial charge in [0.25, 0.3) is 5.91 Å². The topological polar surface area (TPSA) is 72.9 Å². The number of fused-ring (bicyclic) bond motifs is 1. The summed E-state index contributed by atoms with van der Waals surface area (Å²) in [5.74, 6) is 0.865. The number of unbranched alkanes of at least 4 members (excludes halogenated alkanes) is 2. The quantitative estimate of drug-likeness (QED) is 0.465. The van der Waals surface area contributed by atoms with E-state index < -0.39 is 0 Å². The van der Waals surface area contributed by atoms with Crippen LogP contribution >= 0.6 is 12.4 Å². The average Bonchev–Trinajstić information content (AvgIpc) is 2.96. The van der Waals surface area contributed by atoms with Gasteiger partial charge in [-0.05, 0) is 54.7 Å². The number of amides is 1. The molecule has 0 radical (unpaired) electrons. The molecular formula is C23H31ClN4O. The van der Waals surface area contributed by atoms with Gasteiger partial charge in [-0.2, -0.15) is 0 Å². The molecule has 5 nitrogen and oxygen atoms in total. The molecule has 29 heavy (non-hydrogen) atoms. The summed E-state index contributed by atoms with van der Waals surface area (Å²) in [6.07, 6.45) is 4.70. The minimum atomic E-state index is -0.117. The van der Waals surface area contributed by atoms with Crippen LogP contribution in [0.3, 0.4) is 0 Å². The number of nitrogen functional groups attached to an aromatic ring is 1. The van der Waals surface area contributed by atoms with E-state index in [0.29, 0.717) is 17.4 Å². The molecule has 0 saturated heterocycles. The fraction of sp³-hybridized carbons (Fsp3) is 0.391. The molecule has 1 heterocycles. The van der Waals surface area contributed by atoms with Crippen LogP contribution in [0, 0.1) is 5.92 Å². The number of nitrogens with two attached hydrogens (primary N) is 1. The van der Waals surface area contributed by atoms with Gasteiger partial charge in [0.2, 0.25) is 5.95 Å². The van der Waals surface area contributed by atoms with Crippen molar-refractivity contribution in [1.29, 1.82) is 0 Å². The van der Waals surface area contributed by atoms with E-state index in [0.717, 1.165) is 29.7 Å². The molecule has 0 aliphatic rings. The first kappa shape index (κ1) is 22.8. The van der Waals surface area contributed by atoms with Crippen molar-refractivity contribution in [3.63, 3.8) is 0 Å². The fourth-order valence-corrected chi connectivity index (χ4v) is 3.39. The van der Waals surface area contributed by atoms with Gasteiger partial charge in [-0.3, -0.25) is 4.79 Å². The average molecular weight is 415 g/mol. The molecule has 0 fully saturated rings. The van der Waals surface area contributed by atoms with Crippen LogP contribution in [0.1, 0.15) is 56.0 Å². The molecule has 3 N–H and O–H groups in total. The Bertz CT molecular complexity index is 947. The summed E-state index contributed by atoms with van der Waals surface area (Å²) in [6, 6.07) is 13.6. The van der Waals surface area contributed by atoms with Crippen molar-refractivity contribution in [2.24, 2.45) is 5.92 Å². The van der Waals surface area contributed by atoms with Crippen LogP contribution in [0.15, 0.2) is 42.5 Å². The molecule has 3 rings (SSSR count). The molecule has 1 aromatic heterocycles. The Labute approximate surface area is 179 Å². The third-order valence-corrected chi connectivity index (χ3v) is 4.87. The van der Waals surface area contributed by atoms with E-state index >= 15 is 0 Å². The molecule has 156 valence electrons. The lowest BCUT2D eigenvalue weighted by atomic mass is 10.1. The standard InChI is InChI=1S/C23H30N4O.ClH/c1-4-5-6-7-17-8-10-18(11-9-17)22(28)25-19-12-13-21-20(14-19)26-23(24)27(21)15-16(2)3;/h8-14,16H,4-7,15H2,1-3H3,(H2,24,26)(H,25,28);1H. The lowest BCUT2D eigenvalue weighted by molar-refractivity contribution is 0.102. The summed E-state index contributed by atoms with van der Waals surface area (Å²) in [5.41, 5.74) is 10.5. The number of aromatic nitrogens is 2. The van der Waals surface area contributed by atoms with Gasteiger partial charge >= 0.3 is 0 Å². The first-order valence-corrected chi connectivity index (χ1v) is 10.1. The number of hydrogen-bond acceptors (Lipinski definition) is 3. The number of imidazole rings is 1. The summed E-state index contributed by atoms with van der Waals surface area (Å²) in [5, 5.41) is 2.96. The van der Waals surface area contributed by atoms with E-state index in [1.165, 1.54) is 24.8 Å². The van der Waals surface area contributed by atoms with Gasteiger partial charge in [-0.15, -0.1) is 12.4 Å².